The molecule has 0 aliphatic rings. The molecule has 0 heterocycles. The van der Waals surface area contributed by atoms with E-state index in [1.54, 1.807) is 0 Å². The average Bonchev–Trinajstić information content (AvgIpc) is 2.54. The van der Waals surface area contributed by atoms with E-state index in [2.05, 4.69) is 87.5 Å². The molecule has 0 spiro atoms. The second kappa shape index (κ2) is 4.58. The third-order valence-electron chi connectivity index (χ3n) is 4.61. The molecule has 0 bridgehead atoms. The van der Waals surface area contributed by atoms with Crippen LogP contribution in [-0.2, 0) is 5.41 Å². The lowest BCUT2D eigenvalue weighted by atomic mass is 9.84. The molecule has 0 aromatic heterocycles. The van der Waals surface area contributed by atoms with Gasteiger partial charge in [0, 0.05) is 0 Å². The molecule has 0 saturated carbocycles. The molecular weight excluding hydrogens is 264 g/mol. The van der Waals surface area contributed by atoms with Crippen molar-refractivity contribution in [2.45, 2.75) is 26.2 Å². The van der Waals surface area contributed by atoms with Gasteiger partial charge in [-0.15, -0.1) is 0 Å². The Morgan fingerprint density at radius 3 is 1.36 bits per heavy atom. The standard InChI is InChI=1S/C22H20/c1-22(2,3)15-12-13-20-18-10-5-4-8-16(18)17-9-6-7-11-19(17)21(20)14-15/h4-14H,1-3H3. The van der Waals surface area contributed by atoms with Crippen molar-refractivity contribution in [1.82, 2.24) is 0 Å². The maximum atomic E-state index is 2.38. The number of hydrogen-bond acceptors (Lipinski definition) is 0. The number of hydrogen-bond donors (Lipinski definition) is 0. The van der Waals surface area contributed by atoms with Crippen LogP contribution in [0.4, 0.5) is 0 Å². The summed E-state index contributed by atoms with van der Waals surface area (Å²) < 4.78 is 0. The van der Waals surface area contributed by atoms with Crippen LogP contribution in [0.15, 0.2) is 66.7 Å². The van der Waals surface area contributed by atoms with Crippen LogP contribution < -0.4 is 0 Å². The van der Waals surface area contributed by atoms with Gasteiger partial charge in [-0.3, -0.25) is 0 Å². The molecule has 0 fully saturated rings. The molecule has 4 aromatic carbocycles. The number of fused-ring (bicyclic) bond motifs is 6. The molecule has 0 unspecified atom stereocenters. The molecule has 0 nitrogen and oxygen atoms in total. The van der Waals surface area contributed by atoms with Crippen LogP contribution >= 0.6 is 0 Å². The van der Waals surface area contributed by atoms with E-state index in [0.29, 0.717) is 0 Å². The quantitative estimate of drug-likeness (QED) is 0.326. The van der Waals surface area contributed by atoms with Gasteiger partial charge in [0.15, 0.2) is 0 Å². The predicted octanol–water partition coefficient (Wildman–Crippen LogP) is 6.44. The first-order chi connectivity index (χ1) is 10.6. The topological polar surface area (TPSA) is 0 Å². The fourth-order valence-electron chi connectivity index (χ4n) is 3.37. The van der Waals surface area contributed by atoms with Gasteiger partial charge < -0.3 is 0 Å². The highest BCUT2D eigenvalue weighted by Gasteiger charge is 2.15. The second-order valence-electron chi connectivity index (χ2n) is 7.10. The summed E-state index contributed by atoms with van der Waals surface area (Å²) in [6.45, 7) is 6.83. The molecule has 0 amide bonds. The van der Waals surface area contributed by atoms with E-state index in [9.17, 15) is 0 Å². The highest BCUT2D eigenvalue weighted by Crippen LogP contribution is 2.36. The van der Waals surface area contributed by atoms with Gasteiger partial charge in [0.1, 0.15) is 0 Å². The van der Waals surface area contributed by atoms with E-state index in [4.69, 9.17) is 0 Å². The molecule has 0 aliphatic carbocycles. The smallest absolute Gasteiger partial charge is 0.00960 e. The zero-order valence-electron chi connectivity index (χ0n) is 13.4. The van der Waals surface area contributed by atoms with Crippen molar-refractivity contribution in [3.8, 4) is 0 Å². The van der Waals surface area contributed by atoms with Crippen molar-refractivity contribution in [2.24, 2.45) is 0 Å². The predicted molar refractivity (Wildman–Crippen MR) is 97.7 cm³/mol. The lowest BCUT2D eigenvalue weighted by molar-refractivity contribution is 0.591. The largest absolute Gasteiger partial charge is 0.0616 e. The van der Waals surface area contributed by atoms with Crippen molar-refractivity contribution >= 4 is 32.3 Å². The third kappa shape index (κ3) is 1.91. The summed E-state index contributed by atoms with van der Waals surface area (Å²) in [6.07, 6.45) is 0. The molecule has 0 aliphatic heterocycles. The summed E-state index contributed by atoms with van der Waals surface area (Å²) in [6, 6.07) is 24.4. The molecule has 22 heavy (non-hydrogen) atoms. The summed E-state index contributed by atoms with van der Waals surface area (Å²) in [4.78, 5) is 0. The maximum Gasteiger partial charge on any atom is -0.00960 e. The van der Waals surface area contributed by atoms with Crippen LogP contribution in [0.5, 0.6) is 0 Å². The Hall–Kier alpha value is -2.34. The van der Waals surface area contributed by atoms with E-state index in [-0.39, 0.29) is 5.41 Å². The summed E-state index contributed by atoms with van der Waals surface area (Å²) in [5.41, 5.74) is 1.56. The second-order valence-corrected chi connectivity index (χ2v) is 7.10. The fourth-order valence-corrected chi connectivity index (χ4v) is 3.37. The molecule has 4 aromatic rings. The van der Waals surface area contributed by atoms with Crippen molar-refractivity contribution in [3.05, 3.63) is 72.3 Å². The van der Waals surface area contributed by atoms with Gasteiger partial charge >= 0.3 is 0 Å². The van der Waals surface area contributed by atoms with Gasteiger partial charge in [0.05, 0.1) is 0 Å². The Bertz CT molecular complexity index is 965. The summed E-state index contributed by atoms with van der Waals surface area (Å²) >= 11 is 0. The van der Waals surface area contributed by atoms with E-state index >= 15 is 0 Å². The molecule has 0 heteroatoms. The Balaban J connectivity index is 2.27. The maximum absolute atomic E-state index is 2.38. The molecule has 0 saturated heterocycles. The first-order valence-corrected chi connectivity index (χ1v) is 7.89. The van der Waals surface area contributed by atoms with E-state index in [0.717, 1.165) is 0 Å². The molecule has 0 atom stereocenters. The molecule has 0 N–H and O–H groups in total. The monoisotopic (exact) mass is 284 g/mol. The van der Waals surface area contributed by atoms with Gasteiger partial charge in [-0.25, -0.2) is 0 Å². The van der Waals surface area contributed by atoms with E-state index in [1.807, 2.05) is 0 Å². The lowest BCUT2D eigenvalue weighted by Crippen LogP contribution is -2.10. The summed E-state index contributed by atoms with van der Waals surface area (Å²) in [7, 11) is 0. The highest BCUT2D eigenvalue weighted by molar-refractivity contribution is 6.25. The van der Waals surface area contributed by atoms with E-state index < -0.39 is 0 Å². The zero-order valence-corrected chi connectivity index (χ0v) is 13.4. The average molecular weight is 284 g/mol. The van der Waals surface area contributed by atoms with Crippen LogP contribution in [-0.4, -0.2) is 0 Å². The SMILES string of the molecule is CC(C)(C)c1ccc2c3ccccc3c3ccccc3c2c1. The molecule has 4 rings (SSSR count). The minimum atomic E-state index is 0.168. The van der Waals surface area contributed by atoms with Crippen LogP contribution in [0.1, 0.15) is 26.3 Å². The normalized spacial score (nSPS) is 12.3. The van der Waals surface area contributed by atoms with E-state index in [1.165, 1.54) is 37.9 Å². The molecule has 0 radical (unpaired) electrons. The van der Waals surface area contributed by atoms with Gasteiger partial charge in [-0.2, -0.15) is 0 Å². The summed E-state index contributed by atoms with van der Waals surface area (Å²) in [5, 5.41) is 8.09. The fraction of sp³-hybridized carbons (Fsp3) is 0.182. The van der Waals surface area contributed by atoms with Crippen LogP contribution in [0, 0.1) is 0 Å². The number of rotatable bonds is 0. The first kappa shape index (κ1) is 13.3. The first-order valence-electron chi connectivity index (χ1n) is 7.89. The zero-order chi connectivity index (χ0) is 15.3. The Labute approximate surface area is 131 Å². The Morgan fingerprint density at radius 2 is 0.909 bits per heavy atom. The van der Waals surface area contributed by atoms with Gasteiger partial charge in [0.25, 0.3) is 0 Å². The highest BCUT2D eigenvalue weighted by atomic mass is 14.2. The molecular formula is C22H20. The Morgan fingerprint density at radius 1 is 0.500 bits per heavy atom. The van der Waals surface area contributed by atoms with Crippen molar-refractivity contribution in [3.63, 3.8) is 0 Å². The van der Waals surface area contributed by atoms with Crippen molar-refractivity contribution in [2.75, 3.05) is 0 Å². The summed E-state index contributed by atoms with van der Waals surface area (Å²) in [5.74, 6) is 0. The van der Waals surface area contributed by atoms with Gasteiger partial charge in [-0.05, 0) is 49.4 Å². The van der Waals surface area contributed by atoms with Crippen LogP contribution in [0.2, 0.25) is 0 Å². The minimum absolute atomic E-state index is 0.168. The van der Waals surface area contributed by atoms with Gasteiger partial charge in [0.2, 0.25) is 0 Å². The van der Waals surface area contributed by atoms with Crippen LogP contribution in [0.25, 0.3) is 32.3 Å². The van der Waals surface area contributed by atoms with Crippen molar-refractivity contribution < 1.29 is 0 Å². The van der Waals surface area contributed by atoms with Crippen LogP contribution in [0.3, 0.4) is 0 Å². The lowest BCUT2D eigenvalue weighted by Gasteiger charge is -2.20. The number of benzene rings is 4. The minimum Gasteiger partial charge on any atom is -0.0616 e. The van der Waals surface area contributed by atoms with Crippen molar-refractivity contribution in [1.29, 1.82) is 0 Å². The third-order valence-corrected chi connectivity index (χ3v) is 4.61. The molecule has 108 valence electrons. The van der Waals surface area contributed by atoms with Gasteiger partial charge in [-0.1, -0.05) is 81.4 Å². The Kier molecular flexibility index (Phi) is 2.77.